The highest BCUT2D eigenvalue weighted by Gasteiger charge is 2.11. The van der Waals surface area contributed by atoms with Crippen molar-refractivity contribution in [1.82, 2.24) is 0 Å². The van der Waals surface area contributed by atoms with Crippen LogP contribution in [0, 0.1) is 0 Å². The van der Waals surface area contributed by atoms with E-state index in [1.807, 2.05) is 13.8 Å². The normalized spacial score (nSPS) is 10.6. The summed E-state index contributed by atoms with van der Waals surface area (Å²) >= 11 is 0. The van der Waals surface area contributed by atoms with Gasteiger partial charge in [-0.1, -0.05) is 12.1 Å². The molecule has 0 aliphatic heterocycles. The molecule has 0 spiro atoms. The quantitative estimate of drug-likeness (QED) is 0.802. The largest absolute Gasteiger partial charge is 0.491 e. The molecular formula is C17H18F2N2O3. The Balaban J connectivity index is 1.98. The van der Waals surface area contributed by atoms with Crippen LogP contribution in [0.5, 0.6) is 11.5 Å². The lowest BCUT2D eigenvalue weighted by atomic mass is 10.3. The molecular weight excluding hydrogens is 318 g/mol. The van der Waals surface area contributed by atoms with Gasteiger partial charge in [-0.05, 0) is 50.2 Å². The molecule has 0 aromatic heterocycles. The molecule has 0 heterocycles. The highest BCUT2D eigenvalue weighted by molar-refractivity contribution is 6.00. The van der Waals surface area contributed by atoms with E-state index >= 15 is 0 Å². The van der Waals surface area contributed by atoms with Crippen molar-refractivity contribution in [3.8, 4) is 11.5 Å². The summed E-state index contributed by atoms with van der Waals surface area (Å²) < 4.78 is 34.6. The number of carbonyl (C=O) groups is 1. The van der Waals surface area contributed by atoms with Gasteiger partial charge < -0.3 is 20.1 Å². The van der Waals surface area contributed by atoms with Gasteiger partial charge in [0.1, 0.15) is 11.5 Å². The Morgan fingerprint density at radius 1 is 0.958 bits per heavy atom. The zero-order valence-electron chi connectivity index (χ0n) is 13.3. The maximum atomic E-state index is 12.4. The van der Waals surface area contributed by atoms with Crippen LogP contribution in [0.1, 0.15) is 13.8 Å². The van der Waals surface area contributed by atoms with E-state index in [0.717, 1.165) is 0 Å². The second kappa shape index (κ2) is 8.14. The van der Waals surface area contributed by atoms with Gasteiger partial charge >= 0.3 is 12.6 Å². The third-order valence-electron chi connectivity index (χ3n) is 2.84. The van der Waals surface area contributed by atoms with E-state index in [2.05, 4.69) is 15.4 Å². The van der Waals surface area contributed by atoms with E-state index in [1.165, 1.54) is 18.2 Å². The van der Waals surface area contributed by atoms with Crippen LogP contribution >= 0.6 is 0 Å². The van der Waals surface area contributed by atoms with Crippen molar-refractivity contribution in [3.63, 3.8) is 0 Å². The van der Waals surface area contributed by atoms with Gasteiger partial charge in [-0.15, -0.1) is 0 Å². The van der Waals surface area contributed by atoms with Gasteiger partial charge in [0, 0.05) is 5.69 Å². The number of hydrogen-bond donors (Lipinski definition) is 2. The van der Waals surface area contributed by atoms with Crippen molar-refractivity contribution >= 4 is 17.4 Å². The van der Waals surface area contributed by atoms with E-state index in [-0.39, 0.29) is 17.5 Å². The fourth-order valence-corrected chi connectivity index (χ4v) is 1.94. The molecule has 0 radical (unpaired) electrons. The summed E-state index contributed by atoms with van der Waals surface area (Å²) in [4.78, 5) is 12.0. The number of nitrogens with one attached hydrogen (secondary N) is 2. The Hall–Kier alpha value is -2.83. The second-order valence-corrected chi connectivity index (χ2v) is 5.14. The molecule has 0 aliphatic carbocycles. The lowest BCUT2D eigenvalue weighted by Crippen LogP contribution is -2.20. The first-order valence-corrected chi connectivity index (χ1v) is 7.32. The summed E-state index contributed by atoms with van der Waals surface area (Å²) in [5.41, 5.74) is 0.686. The molecule has 2 aromatic carbocycles. The lowest BCUT2D eigenvalue weighted by molar-refractivity contribution is -0.0493. The summed E-state index contributed by atoms with van der Waals surface area (Å²) in [6, 6.07) is 12.2. The molecule has 0 bridgehead atoms. The average Bonchev–Trinajstić information content (AvgIpc) is 2.50. The van der Waals surface area contributed by atoms with Gasteiger partial charge in [0.05, 0.1) is 11.8 Å². The lowest BCUT2D eigenvalue weighted by Gasteiger charge is -2.13. The maximum Gasteiger partial charge on any atom is 0.387 e. The van der Waals surface area contributed by atoms with Crippen molar-refractivity contribution in [3.05, 3.63) is 48.5 Å². The van der Waals surface area contributed by atoms with Crippen LogP contribution in [0.2, 0.25) is 0 Å². The second-order valence-electron chi connectivity index (χ2n) is 5.14. The molecule has 2 N–H and O–H groups in total. The molecule has 24 heavy (non-hydrogen) atoms. The molecule has 0 saturated heterocycles. The fourth-order valence-electron chi connectivity index (χ4n) is 1.94. The van der Waals surface area contributed by atoms with Gasteiger partial charge in [0.25, 0.3) is 0 Å². The number of anilines is 2. The van der Waals surface area contributed by atoms with Crippen LogP contribution in [0.3, 0.4) is 0 Å². The number of hydrogen-bond acceptors (Lipinski definition) is 3. The summed E-state index contributed by atoms with van der Waals surface area (Å²) in [5, 5.41) is 5.07. The standard InChI is InChI=1S/C17H18F2N2O3/c1-11(2)23-13-9-7-12(8-10-13)20-17(22)21-14-5-3-4-6-15(14)24-16(18)19/h3-11,16H,1-2H3,(H2,20,21,22). The minimum atomic E-state index is -2.97. The first kappa shape index (κ1) is 17.5. The number of halogens is 2. The van der Waals surface area contributed by atoms with E-state index in [9.17, 15) is 13.6 Å². The number of alkyl halides is 2. The SMILES string of the molecule is CC(C)Oc1ccc(NC(=O)Nc2ccccc2OC(F)F)cc1. The molecule has 5 nitrogen and oxygen atoms in total. The minimum absolute atomic E-state index is 0.0541. The number of rotatable bonds is 6. The maximum absolute atomic E-state index is 12.4. The van der Waals surface area contributed by atoms with E-state index in [0.29, 0.717) is 11.4 Å². The topological polar surface area (TPSA) is 59.6 Å². The number of amides is 2. The Kier molecular flexibility index (Phi) is 5.95. The number of ether oxygens (including phenoxy) is 2. The predicted molar refractivity (Wildman–Crippen MR) is 87.9 cm³/mol. The van der Waals surface area contributed by atoms with Crippen molar-refractivity contribution in [1.29, 1.82) is 0 Å². The van der Waals surface area contributed by atoms with Crippen LogP contribution in [0.25, 0.3) is 0 Å². The number of urea groups is 1. The van der Waals surface area contributed by atoms with E-state index < -0.39 is 12.6 Å². The molecule has 2 amide bonds. The van der Waals surface area contributed by atoms with Crippen molar-refractivity contribution in [2.45, 2.75) is 26.6 Å². The van der Waals surface area contributed by atoms with Gasteiger partial charge in [0.15, 0.2) is 0 Å². The number of benzene rings is 2. The molecule has 0 atom stereocenters. The Morgan fingerprint density at radius 2 is 1.62 bits per heavy atom. The third kappa shape index (κ3) is 5.42. The third-order valence-corrected chi connectivity index (χ3v) is 2.84. The monoisotopic (exact) mass is 336 g/mol. The Labute approximate surface area is 138 Å². The van der Waals surface area contributed by atoms with E-state index in [4.69, 9.17) is 4.74 Å². The first-order chi connectivity index (χ1) is 11.4. The van der Waals surface area contributed by atoms with E-state index in [1.54, 1.807) is 30.3 Å². The molecule has 2 aromatic rings. The van der Waals surface area contributed by atoms with Crippen molar-refractivity contribution in [2.75, 3.05) is 10.6 Å². The summed E-state index contributed by atoms with van der Waals surface area (Å²) in [6.07, 6.45) is 0.0541. The highest BCUT2D eigenvalue weighted by atomic mass is 19.3. The van der Waals surface area contributed by atoms with Gasteiger partial charge in [-0.2, -0.15) is 8.78 Å². The van der Waals surface area contributed by atoms with Crippen LogP contribution < -0.4 is 20.1 Å². The minimum Gasteiger partial charge on any atom is -0.491 e. The molecule has 2 rings (SSSR count). The Bertz CT molecular complexity index is 676. The highest BCUT2D eigenvalue weighted by Crippen LogP contribution is 2.25. The van der Waals surface area contributed by atoms with Crippen LogP contribution in [-0.4, -0.2) is 18.7 Å². The molecule has 0 unspecified atom stereocenters. The van der Waals surface area contributed by atoms with Gasteiger partial charge in [-0.25, -0.2) is 4.79 Å². The number of para-hydroxylation sites is 2. The molecule has 0 fully saturated rings. The molecule has 0 aliphatic rings. The molecule has 0 saturated carbocycles. The van der Waals surface area contributed by atoms with Crippen LogP contribution in [-0.2, 0) is 0 Å². The summed E-state index contributed by atoms with van der Waals surface area (Å²) in [6.45, 7) is 0.862. The van der Waals surface area contributed by atoms with Crippen molar-refractivity contribution in [2.24, 2.45) is 0 Å². The predicted octanol–water partition coefficient (Wildman–Crippen LogP) is 4.72. The molecule has 128 valence electrons. The van der Waals surface area contributed by atoms with Gasteiger partial charge in [-0.3, -0.25) is 0 Å². The zero-order chi connectivity index (χ0) is 17.5. The van der Waals surface area contributed by atoms with Gasteiger partial charge in [0.2, 0.25) is 0 Å². The smallest absolute Gasteiger partial charge is 0.387 e. The summed E-state index contributed by atoms with van der Waals surface area (Å²) in [5.74, 6) is 0.579. The zero-order valence-corrected chi connectivity index (χ0v) is 13.3. The Morgan fingerprint density at radius 3 is 2.25 bits per heavy atom. The van der Waals surface area contributed by atoms with Crippen LogP contribution in [0.15, 0.2) is 48.5 Å². The van der Waals surface area contributed by atoms with Crippen molar-refractivity contribution < 1.29 is 23.0 Å². The first-order valence-electron chi connectivity index (χ1n) is 7.32. The fraction of sp³-hybridized carbons (Fsp3) is 0.235. The summed E-state index contributed by atoms with van der Waals surface area (Å²) in [7, 11) is 0. The van der Waals surface area contributed by atoms with Crippen LogP contribution in [0.4, 0.5) is 25.0 Å². The molecule has 7 heteroatoms. The number of carbonyl (C=O) groups excluding carboxylic acids is 1. The average molecular weight is 336 g/mol.